The molecule has 0 aromatic heterocycles. The molecule has 25 heavy (non-hydrogen) atoms. The molecule has 3 aromatic carbocycles. The number of carbonyl (C=O) groups is 1. The highest BCUT2D eigenvalue weighted by Gasteiger charge is 2.26. The van der Waals surface area contributed by atoms with Gasteiger partial charge in [-0.2, -0.15) is 5.26 Å². The van der Waals surface area contributed by atoms with Crippen molar-refractivity contribution in [1.82, 2.24) is 0 Å². The number of nitriles is 1. The van der Waals surface area contributed by atoms with E-state index in [-0.39, 0.29) is 5.91 Å². The van der Waals surface area contributed by atoms with Gasteiger partial charge in [-0.3, -0.25) is 4.79 Å². The Kier molecular flexibility index (Phi) is 3.70. The lowest BCUT2D eigenvalue weighted by Gasteiger charge is -2.13. The van der Waals surface area contributed by atoms with Crippen LogP contribution in [0.5, 0.6) is 0 Å². The molecule has 1 saturated carbocycles. The maximum absolute atomic E-state index is 13.1. The van der Waals surface area contributed by atoms with Crippen molar-refractivity contribution >= 4 is 22.4 Å². The molecule has 1 N–H and O–H groups in total. The van der Waals surface area contributed by atoms with Gasteiger partial charge in [-0.05, 0) is 60.0 Å². The zero-order valence-electron chi connectivity index (χ0n) is 13.4. The SMILES string of the molecule is N#Cc1ccc2c(C3CC3)cccc2c1NC(=O)c1ccc(F)cc1. The summed E-state index contributed by atoms with van der Waals surface area (Å²) < 4.78 is 13.1. The molecule has 0 saturated heterocycles. The summed E-state index contributed by atoms with van der Waals surface area (Å²) in [5.74, 6) is -0.188. The van der Waals surface area contributed by atoms with E-state index in [1.54, 1.807) is 6.07 Å². The highest BCUT2D eigenvalue weighted by molar-refractivity contribution is 6.11. The van der Waals surface area contributed by atoms with Crippen molar-refractivity contribution in [1.29, 1.82) is 5.26 Å². The molecule has 1 amide bonds. The maximum Gasteiger partial charge on any atom is 0.255 e. The van der Waals surface area contributed by atoms with E-state index in [9.17, 15) is 14.4 Å². The second-order valence-electron chi connectivity index (χ2n) is 6.28. The zero-order chi connectivity index (χ0) is 17.4. The molecule has 122 valence electrons. The minimum absolute atomic E-state index is 0.348. The average molecular weight is 330 g/mol. The van der Waals surface area contributed by atoms with Gasteiger partial charge in [-0.1, -0.05) is 24.3 Å². The van der Waals surface area contributed by atoms with E-state index in [0.29, 0.717) is 22.7 Å². The molecule has 4 heteroatoms. The van der Waals surface area contributed by atoms with E-state index >= 15 is 0 Å². The van der Waals surface area contributed by atoms with E-state index in [1.807, 2.05) is 18.2 Å². The topological polar surface area (TPSA) is 52.9 Å². The number of amides is 1. The highest BCUT2D eigenvalue weighted by atomic mass is 19.1. The molecule has 1 aliphatic carbocycles. The van der Waals surface area contributed by atoms with Gasteiger partial charge < -0.3 is 5.32 Å². The number of halogens is 1. The first-order valence-corrected chi connectivity index (χ1v) is 8.20. The summed E-state index contributed by atoms with van der Waals surface area (Å²) in [6.07, 6.45) is 2.35. The predicted molar refractivity (Wildman–Crippen MR) is 95.0 cm³/mol. The summed E-state index contributed by atoms with van der Waals surface area (Å²) in [7, 11) is 0. The molecule has 4 rings (SSSR count). The lowest BCUT2D eigenvalue weighted by molar-refractivity contribution is 0.102. The Hall–Kier alpha value is -3.19. The Labute approximate surface area is 144 Å². The van der Waals surface area contributed by atoms with Gasteiger partial charge in [0.05, 0.1) is 11.3 Å². The lowest BCUT2D eigenvalue weighted by atomic mass is 9.97. The summed E-state index contributed by atoms with van der Waals surface area (Å²) in [5, 5.41) is 14.2. The van der Waals surface area contributed by atoms with Gasteiger partial charge in [0.15, 0.2) is 0 Å². The van der Waals surface area contributed by atoms with Crippen LogP contribution >= 0.6 is 0 Å². The summed E-state index contributed by atoms with van der Waals surface area (Å²) >= 11 is 0. The van der Waals surface area contributed by atoms with Crippen molar-refractivity contribution in [2.45, 2.75) is 18.8 Å². The molecule has 3 nitrogen and oxygen atoms in total. The summed E-state index contributed by atoms with van der Waals surface area (Å²) in [6, 6.07) is 17.2. The molecule has 1 aliphatic rings. The maximum atomic E-state index is 13.1. The van der Waals surface area contributed by atoms with Crippen molar-refractivity contribution in [3.05, 3.63) is 77.1 Å². The van der Waals surface area contributed by atoms with Crippen molar-refractivity contribution in [2.24, 2.45) is 0 Å². The number of nitrogens with zero attached hydrogens (tertiary/aromatic N) is 1. The highest BCUT2D eigenvalue weighted by Crippen LogP contribution is 2.44. The third-order valence-electron chi connectivity index (χ3n) is 4.58. The molecular formula is C21H15FN2O. The van der Waals surface area contributed by atoms with E-state index in [1.165, 1.54) is 42.7 Å². The molecule has 0 heterocycles. The Morgan fingerprint density at radius 3 is 2.48 bits per heavy atom. The second-order valence-corrected chi connectivity index (χ2v) is 6.28. The van der Waals surface area contributed by atoms with E-state index in [4.69, 9.17) is 0 Å². The van der Waals surface area contributed by atoms with Gasteiger partial charge in [0.2, 0.25) is 0 Å². The van der Waals surface area contributed by atoms with Crippen molar-refractivity contribution in [2.75, 3.05) is 5.32 Å². The molecule has 0 atom stereocenters. The monoisotopic (exact) mass is 330 g/mol. The standard InChI is InChI=1S/C21H15FN2O/c22-16-9-6-14(7-10-16)21(25)24-20-15(12-23)8-11-18-17(13-4-5-13)2-1-3-19(18)20/h1-3,6-11,13H,4-5H2,(H,24,25). The van der Waals surface area contributed by atoms with Crippen molar-refractivity contribution in [3.63, 3.8) is 0 Å². The van der Waals surface area contributed by atoms with Gasteiger partial charge in [0, 0.05) is 10.9 Å². The molecule has 0 unspecified atom stereocenters. The van der Waals surface area contributed by atoms with Crippen LogP contribution in [0.25, 0.3) is 10.8 Å². The van der Waals surface area contributed by atoms with Gasteiger partial charge >= 0.3 is 0 Å². The Balaban J connectivity index is 1.79. The molecule has 0 bridgehead atoms. The van der Waals surface area contributed by atoms with E-state index in [0.717, 1.165) is 10.8 Å². The minimum atomic E-state index is -0.395. The van der Waals surface area contributed by atoms with Crippen LogP contribution in [-0.2, 0) is 0 Å². The van der Waals surface area contributed by atoms with Crippen LogP contribution in [0.4, 0.5) is 10.1 Å². The summed E-state index contributed by atoms with van der Waals surface area (Å²) in [5.41, 5.74) is 2.53. The van der Waals surface area contributed by atoms with Crippen LogP contribution in [0.3, 0.4) is 0 Å². The van der Waals surface area contributed by atoms with Crippen molar-refractivity contribution < 1.29 is 9.18 Å². The van der Waals surface area contributed by atoms with Crippen LogP contribution < -0.4 is 5.32 Å². The number of rotatable bonds is 3. The van der Waals surface area contributed by atoms with E-state index < -0.39 is 5.82 Å². The van der Waals surface area contributed by atoms with Gasteiger partial charge in [-0.25, -0.2) is 4.39 Å². The number of nitrogens with one attached hydrogen (secondary N) is 1. The van der Waals surface area contributed by atoms with Crippen LogP contribution in [0, 0.1) is 17.1 Å². The fourth-order valence-corrected chi connectivity index (χ4v) is 3.15. The van der Waals surface area contributed by atoms with Gasteiger partial charge in [-0.15, -0.1) is 0 Å². The molecule has 0 spiro atoms. The van der Waals surface area contributed by atoms with Crippen LogP contribution in [0.1, 0.15) is 40.2 Å². The largest absolute Gasteiger partial charge is 0.320 e. The Morgan fingerprint density at radius 1 is 1.04 bits per heavy atom. The smallest absolute Gasteiger partial charge is 0.255 e. The number of hydrogen-bond acceptors (Lipinski definition) is 2. The minimum Gasteiger partial charge on any atom is -0.320 e. The number of hydrogen-bond donors (Lipinski definition) is 1. The number of anilines is 1. The lowest BCUT2D eigenvalue weighted by Crippen LogP contribution is -2.13. The third-order valence-corrected chi connectivity index (χ3v) is 4.58. The summed E-state index contributed by atoms with van der Waals surface area (Å²) in [6.45, 7) is 0. The first-order valence-electron chi connectivity index (χ1n) is 8.20. The fourth-order valence-electron chi connectivity index (χ4n) is 3.15. The molecule has 0 aliphatic heterocycles. The Bertz CT molecular complexity index is 1010. The summed E-state index contributed by atoms with van der Waals surface area (Å²) in [4.78, 5) is 12.5. The van der Waals surface area contributed by atoms with E-state index in [2.05, 4.69) is 17.5 Å². The van der Waals surface area contributed by atoms with Crippen molar-refractivity contribution in [3.8, 4) is 6.07 Å². The molecular weight excluding hydrogens is 315 g/mol. The Morgan fingerprint density at radius 2 is 1.80 bits per heavy atom. The molecule has 1 fully saturated rings. The van der Waals surface area contributed by atoms with Gasteiger partial charge in [0.1, 0.15) is 11.9 Å². The van der Waals surface area contributed by atoms with Crippen LogP contribution in [0.15, 0.2) is 54.6 Å². The third kappa shape index (κ3) is 2.85. The molecule has 0 radical (unpaired) electrons. The normalized spacial score (nSPS) is 13.4. The van der Waals surface area contributed by atoms with Crippen LogP contribution in [-0.4, -0.2) is 5.91 Å². The second kappa shape index (κ2) is 6.03. The predicted octanol–water partition coefficient (Wildman–Crippen LogP) is 4.98. The number of carbonyl (C=O) groups excluding carboxylic acids is 1. The average Bonchev–Trinajstić information content (AvgIpc) is 3.47. The first kappa shape index (κ1) is 15.3. The zero-order valence-corrected chi connectivity index (χ0v) is 13.4. The van der Waals surface area contributed by atoms with Crippen LogP contribution in [0.2, 0.25) is 0 Å². The quantitative estimate of drug-likeness (QED) is 0.736. The first-order chi connectivity index (χ1) is 12.2. The number of benzene rings is 3. The number of fused-ring (bicyclic) bond motifs is 1. The fraction of sp³-hybridized carbons (Fsp3) is 0.143. The van der Waals surface area contributed by atoms with Gasteiger partial charge in [0.25, 0.3) is 5.91 Å². The molecule has 3 aromatic rings.